The lowest BCUT2D eigenvalue weighted by atomic mass is 9.97. The first-order valence-electron chi connectivity index (χ1n) is 7.40. The molecular formula is C14H19N3O3S. The average molecular weight is 309 g/mol. The lowest BCUT2D eigenvalue weighted by molar-refractivity contribution is -0.380. The summed E-state index contributed by atoms with van der Waals surface area (Å²) in [4.78, 5) is 24.9. The Morgan fingerprint density at radius 1 is 1.38 bits per heavy atom. The quantitative estimate of drug-likeness (QED) is 0.668. The van der Waals surface area contributed by atoms with Crippen molar-refractivity contribution in [2.75, 3.05) is 19.6 Å². The average Bonchev–Trinajstić information content (AvgIpc) is 3.20. The molecule has 1 aliphatic heterocycles. The summed E-state index contributed by atoms with van der Waals surface area (Å²) in [7, 11) is 0. The van der Waals surface area contributed by atoms with E-state index in [2.05, 4.69) is 5.32 Å². The number of piperidine rings is 1. The van der Waals surface area contributed by atoms with Gasteiger partial charge >= 0.3 is 5.00 Å². The Morgan fingerprint density at radius 2 is 2.10 bits per heavy atom. The second kappa shape index (κ2) is 6.11. The Labute approximate surface area is 127 Å². The second-order valence-corrected chi connectivity index (χ2v) is 6.70. The van der Waals surface area contributed by atoms with Crippen molar-refractivity contribution < 1.29 is 9.72 Å². The van der Waals surface area contributed by atoms with Crippen LogP contribution >= 0.6 is 11.3 Å². The summed E-state index contributed by atoms with van der Waals surface area (Å²) in [6.07, 6.45) is 4.31. The maximum absolute atomic E-state index is 12.6. The normalized spacial score (nSPS) is 19.4. The maximum Gasteiger partial charge on any atom is 0.324 e. The minimum absolute atomic E-state index is 0.0379. The molecule has 1 N–H and O–H groups in total. The van der Waals surface area contributed by atoms with Gasteiger partial charge in [0.2, 0.25) is 0 Å². The lowest BCUT2D eigenvalue weighted by Gasteiger charge is -2.30. The number of nitro groups is 1. The summed E-state index contributed by atoms with van der Waals surface area (Å²) >= 11 is 1.03. The highest BCUT2D eigenvalue weighted by molar-refractivity contribution is 7.13. The summed E-state index contributed by atoms with van der Waals surface area (Å²) in [5, 5.41) is 15.7. The first-order valence-corrected chi connectivity index (χ1v) is 8.27. The van der Waals surface area contributed by atoms with E-state index in [1.165, 1.54) is 6.07 Å². The van der Waals surface area contributed by atoms with Crippen molar-refractivity contribution in [3.05, 3.63) is 27.1 Å². The zero-order valence-electron chi connectivity index (χ0n) is 11.8. The van der Waals surface area contributed by atoms with Crippen molar-refractivity contribution in [3.63, 3.8) is 0 Å². The van der Waals surface area contributed by atoms with E-state index in [4.69, 9.17) is 0 Å². The molecular weight excluding hydrogens is 290 g/mol. The van der Waals surface area contributed by atoms with Gasteiger partial charge in [0.1, 0.15) is 0 Å². The van der Waals surface area contributed by atoms with E-state index in [0.717, 1.165) is 56.7 Å². The van der Waals surface area contributed by atoms with Crippen molar-refractivity contribution in [3.8, 4) is 0 Å². The molecule has 0 unspecified atom stereocenters. The molecule has 0 aromatic carbocycles. The molecule has 7 heteroatoms. The van der Waals surface area contributed by atoms with E-state index < -0.39 is 4.92 Å². The van der Waals surface area contributed by atoms with Gasteiger partial charge in [0.25, 0.3) is 5.91 Å². The number of thiophene rings is 1. The molecule has 6 nitrogen and oxygen atoms in total. The van der Waals surface area contributed by atoms with E-state index in [1.807, 2.05) is 4.90 Å². The van der Waals surface area contributed by atoms with Crippen molar-refractivity contribution in [2.45, 2.75) is 31.7 Å². The summed E-state index contributed by atoms with van der Waals surface area (Å²) in [6, 6.07) is 1.75. The SMILES string of the molecule is O=C(c1csc([N+](=O)[O-])c1)N(CC1CCNCC1)C1CC1. The van der Waals surface area contributed by atoms with Crippen LogP contribution in [0.1, 0.15) is 36.0 Å². The molecule has 1 saturated carbocycles. The van der Waals surface area contributed by atoms with E-state index in [1.54, 1.807) is 5.38 Å². The standard InChI is InChI=1S/C14H19N3O3S/c18-14(11-7-13(17(19)20)21-9-11)16(12-1-2-12)8-10-3-5-15-6-4-10/h7,9-10,12,15H,1-6,8H2. The molecule has 0 spiro atoms. The summed E-state index contributed by atoms with van der Waals surface area (Å²) in [5.74, 6) is 0.504. The van der Waals surface area contributed by atoms with E-state index >= 15 is 0 Å². The van der Waals surface area contributed by atoms with Crippen LogP contribution in [0.2, 0.25) is 0 Å². The minimum Gasteiger partial charge on any atom is -0.335 e. The fourth-order valence-electron chi connectivity index (χ4n) is 2.83. The van der Waals surface area contributed by atoms with Crippen molar-refractivity contribution in [2.24, 2.45) is 5.92 Å². The van der Waals surface area contributed by atoms with Crippen LogP contribution in [0.15, 0.2) is 11.4 Å². The van der Waals surface area contributed by atoms with Gasteiger partial charge in [-0.2, -0.15) is 0 Å². The number of hydrogen-bond donors (Lipinski definition) is 1. The topological polar surface area (TPSA) is 75.5 Å². The fraction of sp³-hybridized carbons (Fsp3) is 0.643. The minimum atomic E-state index is -0.435. The van der Waals surface area contributed by atoms with Crippen LogP contribution in [0, 0.1) is 16.0 Å². The van der Waals surface area contributed by atoms with Gasteiger partial charge in [-0.25, -0.2) is 0 Å². The summed E-state index contributed by atoms with van der Waals surface area (Å²) in [5.41, 5.74) is 0.465. The van der Waals surface area contributed by atoms with Crippen LogP contribution in [0.3, 0.4) is 0 Å². The Kier molecular flexibility index (Phi) is 4.21. The highest BCUT2D eigenvalue weighted by Gasteiger charge is 2.35. The molecule has 114 valence electrons. The van der Waals surface area contributed by atoms with Gasteiger partial charge in [-0.15, -0.1) is 0 Å². The number of nitrogens with zero attached hydrogens (tertiary/aromatic N) is 2. The van der Waals surface area contributed by atoms with Gasteiger partial charge in [-0.05, 0) is 44.7 Å². The molecule has 21 heavy (non-hydrogen) atoms. The Hall–Kier alpha value is -1.47. The third kappa shape index (κ3) is 3.41. The molecule has 0 bridgehead atoms. The molecule has 2 fully saturated rings. The van der Waals surface area contributed by atoms with Gasteiger partial charge < -0.3 is 10.2 Å². The molecule has 1 aromatic rings. The second-order valence-electron chi connectivity index (χ2n) is 5.81. The van der Waals surface area contributed by atoms with Crippen LogP contribution in [0.4, 0.5) is 5.00 Å². The molecule has 1 saturated heterocycles. The molecule has 0 atom stereocenters. The van der Waals surface area contributed by atoms with Gasteiger partial charge in [0.15, 0.2) is 0 Å². The van der Waals surface area contributed by atoms with Gasteiger partial charge in [-0.1, -0.05) is 11.3 Å². The van der Waals surface area contributed by atoms with Crippen molar-refractivity contribution in [1.29, 1.82) is 0 Å². The van der Waals surface area contributed by atoms with Gasteiger partial charge in [0.05, 0.1) is 10.5 Å². The first-order chi connectivity index (χ1) is 10.1. The highest BCUT2D eigenvalue weighted by atomic mass is 32.1. The van der Waals surface area contributed by atoms with Gasteiger partial charge in [0, 0.05) is 24.0 Å². The van der Waals surface area contributed by atoms with Gasteiger partial charge in [-0.3, -0.25) is 14.9 Å². The number of amides is 1. The third-order valence-electron chi connectivity index (χ3n) is 4.17. The molecule has 1 amide bonds. The van der Waals surface area contributed by atoms with E-state index in [-0.39, 0.29) is 10.9 Å². The predicted octanol–water partition coefficient (Wildman–Crippen LogP) is 2.26. The van der Waals surface area contributed by atoms with E-state index in [0.29, 0.717) is 17.5 Å². The first kappa shape index (κ1) is 14.5. The number of nitrogens with one attached hydrogen (secondary N) is 1. The maximum atomic E-state index is 12.6. The largest absolute Gasteiger partial charge is 0.335 e. The molecule has 2 heterocycles. The van der Waals surface area contributed by atoms with Crippen molar-refractivity contribution in [1.82, 2.24) is 10.2 Å². The Morgan fingerprint density at radius 3 is 2.67 bits per heavy atom. The Bertz CT molecular complexity index is 535. The van der Waals surface area contributed by atoms with Crippen LogP contribution in [0.5, 0.6) is 0 Å². The fourth-order valence-corrected chi connectivity index (χ4v) is 3.52. The lowest BCUT2D eigenvalue weighted by Crippen LogP contribution is -2.40. The molecule has 1 aromatic heterocycles. The molecule has 0 radical (unpaired) electrons. The van der Waals surface area contributed by atoms with Crippen LogP contribution < -0.4 is 5.32 Å². The van der Waals surface area contributed by atoms with Crippen LogP contribution in [0.25, 0.3) is 0 Å². The smallest absolute Gasteiger partial charge is 0.324 e. The Balaban J connectivity index is 1.70. The molecule has 1 aliphatic carbocycles. The monoisotopic (exact) mass is 309 g/mol. The van der Waals surface area contributed by atoms with E-state index in [9.17, 15) is 14.9 Å². The number of carbonyl (C=O) groups excluding carboxylic acids is 1. The molecule has 3 rings (SSSR count). The number of hydrogen-bond acceptors (Lipinski definition) is 5. The number of carbonyl (C=O) groups is 1. The molecule has 2 aliphatic rings. The summed E-state index contributed by atoms with van der Waals surface area (Å²) < 4.78 is 0. The zero-order chi connectivity index (χ0) is 14.8. The predicted molar refractivity (Wildman–Crippen MR) is 80.6 cm³/mol. The number of rotatable bonds is 5. The zero-order valence-corrected chi connectivity index (χ0v) is 12.6. The third-order valence-corrected chi connectivity index (χ3v) is 5.05. The van der Waals surface area contributed by atoms with Crippen molar-refractivity contribution >= 4 is 22.2 Å². The summed E-state index contributed by atoms with van der Waals surface area (Å²) in [6.45, 7) is 2.82. The highest BCUT2D eigenvalue weighted by Crippen LogP contribution is 2.32. The van der Waals surface area contributed by atoms with Crippen LogP contribution in [-0.4, -0.2) is 41.4 Å². The van der Waals surface area contributed by atoms with Crippen LogP contribution in [-0.2, 0) is 0 Å².